The number of phosphoric ester groups is 1. The van der Waals surface area contributed by atoms with Gasteiger partial charge < -0.3 is 25.4 Å². The summed E-state index contributed by atoms with van der Waals surface area (Å²) in [7, 11) is -4.79. The first-order chi connectivity index (χ1) is 13.9. The number of benzene rings is 1. The maximum atomic E-state index is 13.4. The van der Waals surface area contributed by atoms with Crippen LogP contribution in [0.2, 0.25) is 0 Å². The third-order valence-electron chi connectivity index (χ3n) is 4.08. The Morgan fingerprint density at radius 1 is 1.20 bits per heavy atom. The molecule has 1 aromatic carbocycles. The van der Waals surface area contributed by atoms with Crippen LogP contribution in [0.5, 0.6) is 5.75 Å². The van der Waals surface area contributed by atoms with Gasteiger partial charge in [-0.15, -0.1) is 5.92 Å². The lowest BCUT2D eigenvalue weighted by molar-refractivity contribution is -0.139. The Morgan fingerprint density at radius 2 is 1.87 bits per heavy atom. The zero-order valence-corrected chi connectivity index (χ0v) is 17.5. The predicted molar refractivity (Wildman–Crippen MR) is 105 cm³/mol. The van der Waals surface area contributed by atoms with Crippen molar-refractivity contribution in [2.24, 2.45) is 5.73 Å². The Hall–Kier alpha value is -1.60. The third kappa shape index (κ3) is 9.94. The lowest BCUT2D eigenvalue weighted by Gasteiger charge is -2.27. The highest BCUT2D eigenvalue weighted by molar-refractivity contribution is 7.46. The molecular formula is C19H27F3NO6P. The van der Waals surface area contributed by atoms with Gasteiger partial charge in [-0.05, 0) is 37.0 Å². The summed E-state index contributed by atoms with van der Waals surface area (Å²) in [6.45, 7) is 0.678. The molecule has 7 nitrogen and oxygen atoms in total. The number of phosphoric acid groups is 1. The van der Waals surface area contributed by atoms with E-state index in [0.29, 0.717) is 6.42 Å². The fourth-order valence-corrected chi connectivity index (χ4v) is 2.82. The Kier molecular flexibility index (Phi) is 10.3. The summed E-state index contributed by atoms with van der Waals surface area (Å²) in [5.41, 5.74) is 3.65. The number of hydrogen-bond acceptors (Lipinski definition) is 5. The monoisotopic (exact) mass is 453 g/mol. The van der Waals surface area contributed by atoms with Gasteiger partial charge in [-0.2, -0.15) is 13.2 Å². The minimum Gasteiger partial charge on any atom is -0.492 e. The normalized spacial score (nSPS) is 14.0. The van der Waals surface area contributed by atoms with Gasteiger partial charge in [0.05, 0.1) is 30.9 Å². The second-order valence-electron chi connectivity index (χ2n) is 6.81. The second-order valence-corrected chi connectivity index (χ2v) is 8.05. The standard InChI is InChI=1S/C19H27F3NO6P/c1-2-3-4-5-6-11-28-17-8-7-15(12-16(17)19(20,21)22)9-10-18(23,13-24)14-29-30(25,26)27/h7-8,12,24H,2-3,6,9-11,13-14,23H2,1H3,(H2,25,26,27). The second kappa shape index (κ2) is 11.7. The molecule has 1 aromatic rings. The molecule has 0 bridgehead atoms. The van der Waals surface area contributed by atoms with Gasteiger partial charge in [0.1, 0.15) is 5.75 Å². The Balaban J connectivity index is 2.84. The minimum atomic E-state index is -4.79. The number of aliphatic hydroxyl groups is 1. The molecule has 0 saturated heterocycles. The van der Waals surface area contributed by atoms with E-state index < -0.39 is 38.3 Å². The maximum absolute atomic E-state index is 13.4. The number of ether oxygens (including phenoxy) is 1. The largest absolute Gasteiger partial charge is 0.492 e. The first-order valence-corrected chi connectivity index (χ1v) is 10.8. The van der Waals surface area contributed by atoms with Gasteiger partial charge in [-0.1, -0.05) is 18.9 Å². The Labute approximate surface area is 173 Å². The number of hydrogen-bond donors (Lipinski definition) is 4. The number of rotatable bonds is 11. The topological polar surface area (TPSA) is 122 Å². The average Bonchev–Trinajstić information content (AvgIpc) is 2.66. The van der Waals surface area contributed by atoms with Crippen LogP contribution in [-0.4, -0.2) is 40.3 Å². The van der Waals surface area contributed by atoms with Crippen molar-refractivity contribution < 1.29 is 41.9 Å². The van der Waals surface area contributed by atoms with Gasteiger partial charge >= 0.3 is 14.0 Å². The van der Waals surface area contributed by atoms with Gasteiger partial charge in [0.15, 0.2) is 0 Å². The molecule has 1 unspecified atom stereocenters. The molecule has 0 radical (unpaired) electrons. The quantitative estimate of drug-likeness (QED) is 0.231. The highest BCUT2D eigenvalue weighted by atomic mass is 31.2. The van der Waals surface area contributed by atoms with E-state index in [1.165, 1.54) is 12.1 Å². The molecule has 0 aromatic heterocycles. The van der Waals surface area contributed by atoms with Crippen LogP contribution in [0.25, 0.3) is 0 Å². The van der Waals surface area contributed by atoms with Crippen LogP contribution in [-0.2, 0) is 21.7 Å². The summed E-state index contributed by atoms with van der Waals surface area (Å²) in [4.78, 5) is 17.5. The van der Waals surface area contributed by atoms with E-state index in [0.717, 1.165) is 18.9 Å². The summed E-state index contributed by atoms with van der Waals surface area (Å²) < 4.78 is 60.6. The van der Waals surface area contributed by atoms with E-state index in [9.17, 15) is 22.8 Å². The number of aryl methyl sites for hydroxylation is 1. The molecule has 0 aliphatic heterocycles. The van der Waals surface area contributed by atoms with E-state index in [2.05, 4.69) is 16.4 Å². The molecule has 0 aliphatic carbocycles. The van der Waals surface area contributed by atoms with E-state index in [4.69, 9.17) is 20.3 Å². The number of halogens is 3. The zero-order chi connectivity index (χ0) is 22.8. The molecule has 0 saturated carbocycles. The Morgan fingerprint density at radius 3 is 2.43 bits per heavy atom. The fourth-order valence-electron chi connectivity index (χ4n) is 2.40. The highest BCUT2D eigenvalue weighted by Gasteiger charge is 2.35. The lowest BCUT2D eigenvalue weighted by atomic mass is 9.93. The van der Waals surface area contributed by atoms with Crippen molar-refractivity contribution in [1.82, 2.24) is 0 Å². The van der Waals surface area contributed by atoms with Crippen molar-refractivity contribution >= 4 is 7.82 Å². The van der Waals surface area contributed by atoms with Crippen LogP contribution in [0.1, 0.15) is 43.7 Å². The highest BCUT2D eigenvalue weighted by Crippen LogP contribution is 2.38. The van der Waals surface area contributed by atoms with Gasteiger partial charge in [-0.25, -0.2) is 4.57 Å². The third-order valence-corrected chi connectivity index (χ3v) is 4.55. The van der Waals surface area contributed by atoms with Gasteiger partial charge in [0.2, 0.25) is 0 Å². The van der Waals surface area contributed by atoms with Crippen LogP contribution in [0.15, 0.2) is 18.2 Å². The number of unbranched alkanes of at least 4 members (excludes halogenated alkanes) is 1. The molecule has 1 atom stereocenters. The van der Waals surface area contributed by atoms with Gasteiger partial charge in [0.25, 0.3) is 0 Å². The predicted octanol–water partition coefficient (Wildman–Crippen LogP) is 3.01. The van der Waals surface area contributed by atoms with Crippen molar-refractivity contribution in [3.05, 3.63) is 29.3 Å². The number of nitrogens with two attached hydrogens (primary N) is 1. The molecule has 0 heterocycles. The summed E-state index contributed by atoms with van der Waals surface area (Å²) in [6, 6.07) is 3.58. The SMILES string of the molecule is CCCC#CCCOc1ccc(CCC(N)(CO)COP(=O)(O)O)cc1C(F)(F)F. The molecule has 0 aliphatic rings. The van der Waals surface area contributed by atoms with E-state index in [1.807, 2.05) is 6.92 Å². The zero-order valence-electron chi connectivity index (χ0n) is 16.6. The molecule has 170 valence electrons. The van der Waals surface area contributed by atoms with E-state index in [-0.39, 0.29) is 30.8 Å². The molecule has 0 fully saturated rings. The van der Waals surface area contributed by atoms with E-state index >= 15 is 0 Å². The summed E-state index contributed by atoms with van der Waals surface area (Å²) in [5, 5.41) is 9.39. The molecule has 11 heteroatoms. The summed E-state index contributed by atoms with van der Waals surface area (Å²) in [6.07, 6.45) is -2.75. The molecule has 0 amide bonds. The van der Waals surface area contributed by atoms with Crippen molar-refractivity contribution in [3.63, 3.8) is 0 Å². The molecular weight excluding hydrogens is 426 g/mol. The van der Waals surface area contributed by atoms with Gasteiger partial charge in [-0.3, -0.25) is 4.52 Å². The van der Waals surface area contributed by atoms with Crippen molar-refractivity contribution in [2.75, 3.05) is 19.8 Å². The van der Waals surface area contributed by atoms with Crippen molar-refractivity contribution in [1.29, 1.82) is 0 Å². The van der Waals surface area contributed by atoms with Crippen LogP contribution in [0.3, 0.4) is 0 Å². The van der Waals surface area contributed by atoms with E-state index in [1.54, 1.807) is 0 Å². The van der Waals surface area contributed by atoms with Crippen LogP contribution in [0.4, 0.5) is 13.2 Å². The Bertz CT molecular complexity index is 787. The van der Waals surface area contributed by atoms with Crippen LogP contribution in [0, 0.1) is 11.8 Å². The first-order valence-electron chi connectivity index (χ1n) is 9.28. The van der Waals surface area contributed by atoms with Crippen LogP contribution < -0.4 is 10.5 Å². The fraction of sp³-hybridized carbons (Fsp3) is 0.579. The van der Waals surface area contributed by atoms with Crippen LogP contribution >= 0.6 is 7.82 Å². The first kappa shape index (κ1) is 26.4. The molecule has 30 heavy (non-hydrogen) atoms. The molecule has 0 spiro atoms. The number of alkyl halides is 3. The molecule has 5 N–H and O–H groups in total. The minimum absolute atomic E-state index is 0.0213. The smallest absolute Gasteiger partial charge is 0.469 e. The van der Waals surface area contributed by atoms with Gasteiger partial charge in [0, 0.05) is 12.8 Å². The molecule has 1 rings (SSSR count). The van der Waals surface area contributed by atoms with Crippen molar-refractivity contribution in [3.8, 4) is 17.6 Å². The lowest BCUT2D eigenvalue weighted by Crippen LogP contribution is -2.48. The maximum Gasteiger partial charge on any atom is 0.469 e. The van der Waals surface area contributed by atoms with Crippen molar-refractivity contribution in [2.45, 2.75) is 50.7 Å². The average molecular weight is 453 g/mol. The summed E-state index contributed by atoms with van der Waals surface area (Å²) >= 11 is 0. The summed E-state index contributed by atoms with van der Waals surface area (Å²) in [5.74, 6) is 5.41. The number of aliphatic hydroxyl groups excluding tert-OH is 1.